The van der Waals surface area contributed by atoms with Crippen molar-refractivity contribution in [3.05, 3.63) is 34.5 Å². The summed E-state index contributed by atoms with van der Waals surface area (Å²) in [7, 11) is 1.51. The van der Waals surface area contributed by atoms with Crippen molar-refractivity contribution in [2.45, 2.75) is 6.92 Å². The lowest BCUT2D eigenvalue weighted by molar-refractivity contribution is -0.118. The zero-order valence-corrected chi connectivity index (χ0v) is 11.4. The fraction of sp³-hybridized carbons (Fsp3) is 0.231. The molecule has 2 rings (SSSR count). The lowest BCUT2D eigenvalue weighted by Gasteiger charge is -2.14. The summed E-state index contributed by atoms with van der Waals surface area (Å²) in [5.74, 6) is -1.18. The Kier molecular flexibility index (Phi) is 3.53. The second-order valence-electron chi connectivity index (χ2n) is 4.32. The summed E-state index contributed by atoms with van der Waals surface area (Å²) in [6.07, 6.45) is 0. The van der Waals surface area contributed by atoms with Crippen molar-refractivity contribution in [2.24, 2.45) is 5.73 Å². The minimum atomic E-state index is -0.569. The van der Waals surface area contributed by atoms with Crippen molar-refractivity contribution in [2.75, 3.05) is 13.6 Å². The van der Waals surface area contributed by atoms with Gasteiger partial charge in [0.15, 0.2) is 0 Å². The third-order valence-corrected chi connectivity index (χ3v) is 4.09. The van der Waals surface area contributed by atoms with Gasteiger partial charge in [0.2, 0.25) is 5.91 Å². The molecule has 2 N–H and O–H groups in total. The van der Waals surface area contributed by atoms with E-state index < -0.39 is 5.91 Å². The van der Waals surface area contributed by atoms with Crippen LogP contribution in [0.3, 0.4) is 0 Å². The molecule has 100 valence electrons. The van der Waals surface area contributed by atoms with Crippen LogP contribution in [0.1, 0.15) is 15.2 Å². The number of hydrogen-bond acceptors (Lipinski definition) is 3. The van der Waals surface area contributed by atoms with Crippen molar-refractivity contribution >= 4 is 33.2 Å². The zero-order valence-electron chi connectivity index (χ0n) is 10.6. The average molecular weight is 280 g/mol. The topological polar surface area (TPSA) is 63.4 Å². The van der Waals surface area contributed by atoms with E-state index in [-0.39, 0.29) is 18.3 Å². The normalized spacial score (nSPS) is 10.7. The minimum Gasteiger partial charge on any atom is -0.368 e. The quantitative estimate of drug-likeness (QED) is 0.933. The molecule has 0 saturated carbocycles. The first-order valence-corrected chi connectivity index (χ1v) is 6.44. The standard InChI is InChI=1S/C13H13FN2O2S/c1-7-9-5-8(14)3-4-10(9)19-12(7)13(18)16(2)6-11(15)17/h3-5H,6H2,1-2H3,(H2,15,17). The highest BCUT2D eigenvalue weighted by Gasteiger charge is 2.20. The first-order chi connectivity index (χ1) is 8.90. The molecule has 0 fully saturated rings. The highest BCUT2D eigenvalue weighted by atomic mass is 32.1. The Balaban J connectivity index is 2.42. The van der Waals surface area contributed by atoms with Crippen molar-refractivity contribution in [3.63, 3.8) is 0 Å². The molecule has 19 heavy (non-hydrogen) atoms. The number of rotatable bonds is 3. The Morgan fingerprint density at radius 1 is 1.42 bits per heavy atom. The molecule has 0 aliphatic heterocycles. The fourth-order valence-electron chi connectivity index (χ4n) is 1.88. The Hall–Kier alpha value is -1.95. The number of nitrogens with zero attached hydrogens (tertiary/aromatic N) is 1. The Bertz CT molecular complexity index is 666. The number of thiophene rings is 1. The van der Waals surface area contributed by atoms with Crippen LogP contribution < -0.4 is 5.73 Å². The van der Waals surface area contributed by atoms with E-state index in [1.807, 2.05) is 0 Å². The molecule has 4 nitrogen and oxygen atoms in total. The highest BCUT2D eigenvalue weighted by molar-refractivity contribution is 7.21. The van der Waals surface area contributed by atoms with E-state index in [1.165, 1.54) is 35.4 Å². The number of likely N-dealkylation sites (N-methyl/N-ethyl adjacent to an activating group) is 1. The summed E-state index contributed by atoms with van der Waals surface area (Å²) >= 11 is 1.29. The number of halogens is 1. The maximum Gasteiger partial charge on any atom is 0.264 e. The van der Waals surface area contributed by atoms with Gasteiger partial charge in [-0.05, 0) is 36.1 Å². The van der Waals surface area contributed by atoms with Crippen LogP contribution >= 0.6 is 11.3 Å². The van der Waals surface area contributed by atoms with Gasteiger partial charge in [0.05, 0.1) is 11.4 Å². The van der Waals surface area contributed by atoms with Crippen molar-refractivity contribution in [3.8, 4) is 0 Å². The maximum absolute atomic E-state index is 13.2. The first-order valence-electron chi connectivity index (χ1n) is 5.62. The molecule has 0 aliphatic carbocycles. The average Bonchev–Trinajstić information content (AvgIpc) is 2.65. The second kappa shape index (κ2) is 4.97. The van der Waals surface area contributed by atoms with E-state index in [0.29, 0.717) is 4.88 Å². The number of primary amides is 1. The van der Waals surface area contributed by atoms with Gasteiger partial charge in [0, 0.05) is 11.7 Å². The van der Waals surface area contributed by atoms with E-state index >= 15 is 0 Å². The Morgan fingerprint density at radius 3 is 2.74 bits per heavy atom. The molecule has 2 aromatic rings. The molecule has 0 spiro atoms. The summed E-state index contributed by atoms with van der Waals surface area (Å²) in [6, 6.07) is 4.42. The van der Waals surface area contributed by atoms with Crippen LogP contribution in [0.2, 0.25) is 0 Å². The van der Waals surface area contributed by atoms with Crippen LogP contribution in [-0.2, 0) is 4.79 Å². The molecular weight excluding hydrogens is 267 g/mol. The summed E-state index contributed by atoms with van der Waals surface area (Å²) in [6.45, 7) is 1.63. The molecule has 0 saturated heterocycles. The fourth-order valence-corrected chi connectivity index (χ4v) is 3.06. The third kappa shape index (κ3) is 2.58. The van der Waals surface area contributed by atoms with E-state index in [4.69, 9.17) is 5.73 Å². The van der Waals surface area contributed by atoms with Crippen LogP contribution in [0.15, 0.2) is 18.2 Å². The molecule has 1 aromatic heterocycles. The molecule has 0 atom stereocenters. The highest BCUT2D eigenvalue weighted by Crippen LogP contribution is 2.31. The van der Waals surface area contributed by atoms with Crippen molar-refractivity contribution in [1.82, 2.24) is 4.90 Å². The van der Waals surface area contributed by atoms with E-state index in [2.05, 4.69) is 0 Å². The van der Waals surface area contributed by atoms with Gasteiger partial charge < -0.3 is 10.6 Å². The van der Waals surface area contributed by atoms with E-state index in [1.54, 1.807) is 13.0 Å². The number of aryl methyl sites for hydroxylation is 1. The number of nitrogens with two attached hydrogens (primary N) is 1. The molecule has 6 heteroatoms. The largest absolute Gasteiger partial charge is 0.368 e. The predicted octanol–water partition coefficient (Wildman–Crippen LogP) is 1.91. The summed E-state index contributed by atoms with van der Waals surface area (Å²) < 4.78 is 14.0. The van der Waals surface area contributed by atoms with Gasteiger partial charge >= 0.3 is 0 Å². The van der Waals surface area contributed by atoms with Crippen molar-refractivity contribution in [1.29, 1.82) is 0 Å². The number of hydrogen-bond donors (Lipinski definition) is 1. The van der Waals surface area contributed by atoms with E-state index in [0.717, 1.165) is 15.6 Å². The smallest absolute Gasteiger partial charge is 0.264 e. The molecular formula is C13H13FN2O2S. The van der Waals surface area contributed by atoms with Crippen LogP contribution in [-0.4, -0.2) is 30.3 Å². The van der Waals surface area contributed by atoms with Crippen LogP contribution in [0, 0.1) is 12.7 Å². The van der Waals surface area contributed by atoms with Crippen LogP contribution in [0.4, 0.5) is 4.39 Å². The number of carbonyl (C=O) groups is 2. The van der Waals surface area contributed by atoms with Gasteiger partial charge in [0.25, 0.3) is 5.91 Å². The number of benzene rings is 1. The second-order valence-corrected chi connectivity index (χ2v) is 5.38. The first kappa shape index (κ1) is 13.5. The maximum atomic E-state index is 13.2. The number of amides is 2. The van der Waals surface area contributed by atoms with Gasteiger partial charge in [-0.25, -0.2) is 4.39 Å². The van der Waals surface area contributed by atoms with Crippen LogP contribution in [0.25, 0.3) is 10.1 Å². The lowest BCUT2D eigenvalue weighted by Crippen LogP contribution is -2.35. The number of fused-ring (bicyclic) bond motifs is 1. The Labute approximate surface area is 113 Å². The van der Waals surface area contributed by atoms with Crippen LogP contribution in [0.5, 0.6) is 0 Å². The SMILES string of the molecule is Cc1c(C(=O)N(C)CC(N)=O)sc2ccc(F)cc12. The molecule has 0 unspecified atom stereocenters. The van der Waals surface area contributed by atoms with Gasteiger partial charge in [-0.2, -0.15) is 0 Å². The summed E-state index contributed by atoms with van der Waals surface area (Å²) in [4.78, 5) is 24.8. The molecule has 0 bridgehead atoms. The van der Waals surface area contributed by atoms with E-state index in [9.17, 15) is 14.0 Å². The molecule has 1 heterocycles. The van der Waals surface area contributed by atoms with Gasteiger partial charge in [0.1, 0.15) is 5.82 Å². The van der Waals surface area contributed by atoms with Gasteiger partial charge in [-0.3, -0.25) is 9.59 Å². The summed E-state index contributed by atoms with van der Waals surface area (Å²) in [5.41, 5.74) is 5.79. The molecule has 2 amide bonds. The molecule has 0 aliphatic rings. The third-order valence-electron chi connectivity index (χ3n) is 2.83. The van der Waals surface area contributed by atoms with Gasteiger partial charge in [-0.1, -0.05) is 0 Å². The summed E-state index contributed by atoms with van der Waals surface area (Å²) in [5, 5.41) is 0.723. The molecule has 1 aromatic carbocycles. The molecule has 0 radical (unpaired) electrons. The number of carbonyl (C=O) groups excluding carboxylic acids is 2. The monoisotopic (exact) mass is 280 g/mol. The van der Waals surface area contributed by atoms with Crippen molar-refractivity contribution < 1.29 is 14.0 Å². The predicted molar refractivity (Wildman–Crippen MR) is 72.7 cm³/mol. The minimum absolute atomic E-state index is 0.138. The lowest BCUT2D eigenvalue weighted by atomic mass is 10.1. The Morgan fingerprint density at radius 2 is 2.11 bits per heavy atom. The van der Waals surface area contributed by atoms with Gasteiger partial charge in [-0.15, -0.1) is 11.3 Å². The zero-order chi connectivity index (χ0) is 14.2.